The predicted octanol–water partition coefficient (Wildman–Crippen LogP) is 2.65. The van der Waals surface area contributed by atoms with Gasteiger partial charge < -0.3 is 10.6 Å². The quantitative estimate of drug-likeness (QED) is 0.757. The molecule has 0 aromatic carbocycles. The molecule has 1 aromatic heterocycles. The third-order valence-electron chi connectivity index (χ3n) is 2.21. The largest absolute Gasteiger partial charge is 0.370 e. The molecule has 0 fully saturated rings. The van der Waals surface area contributed by atoms with E-state index in [4.69, 9.17) is 11.6 Å². The van der Waals surface area contributed by atoms with Crippen LogP contribution in [0.25, 0.3) is 0 Å². The van der Waals surface area contributed by atoms with Gasteiger partial charge in [-0.1, -0.05) is 18.5 Å². The van der Waals surface area contributed by atoms with Crippen LogP contribution in [0.1, 0.15) is 23.8 Å². The number of amides is 1. The van der Waals surface area contributed by atoms with Crippen molar-refractivity contribution < 1.29 is 4.79 Å². The normalized spacial score (nSPS) is 10.2. The van der Waals surface area contributed by atoms with Crippen LogP contribution in [0, 0.1) is 0 Å². The summed E-state index contributed by atoms with van der Waals surface area (Å²) in [6, 6.07) is 3.46. The Balaban J connectivity index is 2.70. The number of nitrogens with one attached hydrogen (secondary N) is 2. The highest BCUT2D eigenvalue weighted by Gasteiger charge is 2.12. The van der Waals surface area contributed by atoms with Gasteiger partial charge in [0, 0.05) is 18.8 Å². The lowest BCUT2D eigenvalue weighted by molar-refractivity contribution is 0.0951. The van der Waals surface area contributed by atoms with E-state index in [1.54, 1.807) is 23.9 Å². The molecule has 0 atom stereocenters. The fraction of sp³-hybridized carbons (Fsp3) is 0.500. The number of carbonyl (C=O) groups excluding carboxylic acids is 1. The Hall–Kier alpha value is -0.940. The average molecular weight is 288 g/mol. The molecular weight excluding hydrogens is 270 g/mol. The maximum absolute atomic E-state index is 11.9. The van der Waals surface area contributed by atoms with E-state index in [2.05, 4.69) is 22.5 Å². The zero-order chi connectivity index (χ0) is 13.4. The minimum Gasteiger partial charge on any atom is -0.370 e. The number of hydrogen-bond acceptors (Lipinski definition) is 4. The van der Waals surface area contributed by atoms with E-state index in [9.17, 15) is 4.79 Å². The smallest absolute Gasteiger partial charge is 0.271 e. The minimum atomic E-state index is -0.228. The lowest BCUT2D eigenvalue weighted by Gasteiger charge is -2.08. The van der Waals surface area contributed by atoms with Gasteiger partial charge >= 0.3 is 0 Å². The van der Waals surface area contributed by atoms with E-state index >= 15 is 0 Å². The molecule has 100 valence electrons. The summed E-state index contributed by atoms with van der Waals surface area (Å²) in [6.45, 7) is 3.51. The van der Waals surface area contributed by atoms with Gasteiger partial charge in [0.15, 0.2) is 0 Å². The lowest BCUT2D eigenvalue weighted by atomic mass is 10.3. The van der Waals surface area contributed by atoms with E-state index in [0.29, 0.717) is 17.4 Å². The van der Waals surface area contributed by atoms with Crippen LogP contribution in [0.15, 0.2) is 12.1 Å². The van der Waals surface area contributed by atoms with Gasteiger partial charge in [-0.2, -0.15) is 11.8 Å². The van der Waals surface area contributed by atoms with Crippen molar-refractivity contribution in [2.45, 2.75) is 13.3 Å². The number of hydrogen-bond donors (Lipinski definition) is 2. The molecule has 0 aliphatic rings. The SMILES string of the molecule is CCCNc1ccc(Cl)c(C(=O)NCCSC)n1. The van der Waals surface area contributed by atoms with Crippen molar-refractivity contribution in [1.29, 1.82) is 0 Å². The Morgan fingerprint density at radius 3 is 2.89 bits per heavy atom. The summed E-state index contributed by atoms with van der Waals surface area (Å²) in [5.41, 5.74) is 0.277. The van der Waals surface area contributed by atoms with E-state index < -0.39 is 0 Å². The zero-order valence-corrected chi connectivity index (χ0v) is 12.2. The highest BCUT2D eigenvalue weighted by Crippen LogP contribution is 2.16. The zero-order valence-electron chi connectivity index (χ0n) is 10.6. The first kappa shape index (κ1) is 15.1. The second-order valence-electron chi connectivity index (χ2n) is 3.70. The van der Waals surface area contributed by atoms with Crippen LogP contribution >= 0.6 is 23.4 Å². The molecule has 1 aromatic rings. The molecule has 0 saturated carbocycles. The molecule has 0 unspecified atom stereocenters. The third-order valence-corrected chi connectivity index (χ3v) is 3.13. The first-order valence-corrected chi connectivity index (χ1v) is 7.63. The average Bonchev–Trinajstić information content (AvgIpc) is 2.38. The van der Waals surface area contributed by atoms with Gasteiger partial charge in [0.2, 0.25) is 0 Å². The molecule has 1 amide bonds. The fourth-order valence-electron chi connectivity index (χ4n) is 1.30. The molecule has 1 rings (SSSR count). The Morgan fingerprint density at radius 2 is 2.22 bits per heavy atom. The van der Waals surface area contributed by atoms with Gasteiger partial charge in [0.1, 0.15) is 11.5 Å². The molecule has 0 radical (unpaired) electrons. The highest BCUT2D eigenvalue weighted by molar-refractivity contribution is 7.98. The molecule has 0 aliphatic heterocycles. The number of rotatable bonds is 7. The molecule has 1 heterocycles. The Kier molecular flexibility index (Phi) is 6.90. The van der Waals surface area contributed by atoms with Crippen molar-refractivity contribution in [2.75, 3.05) is 30.4 Å². The summed E-state index contributed by atoms with van der Waals surface area (Å²) in [5.74, 6) is 1.32. The Labute approximate surface area is 117 Å². The van der Waals surface area contributed by atoms with Crippen LogP contribution in [0.4, 0.5) is 5.82 Å². The van der Waals surface area contributed by atoms with Gasteiger partial charge in [-0.25, -0.2) is 4.98 Å². The summed E-state index contributed by atoms with van der Waals surface area (Å²) in [4.78, 5) is 16.1. The first-order valence-electron chi connectivity index (χ1n) is 5.86. The highest BCUT2D eigenvalue weighted by atomic mass is 35.5. The second-order valence-corrected chi connectivity index (χ2v) is 5.10. The van der Waals surface area contributed by atoms with Gasteiger partial charge in [-0.05, 0) is 24.8 Å². The van der Waals surface area contributed by atoms with Crippen molar-refractivity contribution in [2.24, 2.45) is 0 Å². The molecule has 18 heavy (non-hydrogen) atoms. The second kappa shape index (κ2) is 8.21. The molecule has 4 nitrogen and oxygen atoms in total. The number of thioether (sulfide) groups is 1. The molecule has 2 N–H and O–H groups in total. The summed E-state index contributed by atoms with van der Waals surface area (Å²) in [5, 5.41) is 6.29. The van der Waals surface area contributed by atoms with Crippen LogP contribution in [0.3, 0.4) is 0 Å². The van der Waals surface area contributed by atoms with E-state index in [-0.39, 0.29) is 11.6 Å². The monoisotopic (exact) mass is 287 g/mol. The lowest BCUT2D eigenvalue weighted by Crippen LogP contribution is -2.27. The topological polar surface area (TPSA) is 54.0 Å². The number of pyridine rings is 1. The van der Waals surface area contributed by atoms with Crippen LogP contribution in [-0.4, -0.2) is 36.0 Å². The molecule has 0 bridgehead atoms. The Morgan fingerprint density at radius 1 is 1.44 bits per heavy atom. The molecular formula is C12H18ClN3OS. The van der Waals surface area contributed by atoms with Gasteiger partial charge in [0.25, 0.3) is 5.91 Å². The number of halogens is 1. The maximum atomic E-state index is 11.9. The number of nitrogens with zero attached hydrogens (tertiary/aromatic N) is 1. The number of aromatic nitrogens is 1. The van der Waals surface area contributed by atoms with Crippen molar-refractivity contribution in [3.8, 4) is 0 Å². The van der Waals surface area contributed by atoms with Gasteiger partial charge in [-0.3, -0.25) is 4.79 Å². The summed E-state index contributed by atoms with van der Waals surface area (Å²) >= 11 is 7.66. The van der Waals surface area contributed by atoms with Crippen molar-refractivity contribution >= 4 is 35.1 Å². The van der Waals surface area contributed by atoms with Crippen LogP contribution in [-0.2, 0) is 0 Å². The van der Waals surface area contributed by atoms with Crippen molar-refractivity contribution in [3.63, 3.8) is 0 Å². The van der Waals surface area contributed by atoms with E-state index in [1.807, 2.05) is 6.26 Å². The fourth-order valence-corrected chi connectivity index (χ4v) is 1.80. The number of anilines is 1. The standard InChI is InChI=1S/C12H18ClN3OS/c1-3-6-14-10-5-4-9(13)11(16-10)12(17)15-7-8-18-2/h4-5H,3,6-8H2,1-2H3,(H,14,16)(H,15,17). The first-order chi connectivity index (χ1) is 8.69. The van der Waals surface area contributed by atoms with Gasteiger partial charge in [0.05, 0.1) is 5.02 Å². The molecule has 6 heteroatoms. The van der Waals surface area contributed by atoms with Crippen LogP contribution < -0.4 is 10.6 Å². The van der Waals surface area contributed by atoms with Crippen molar-refractivity contribution in [1.82, 2.24) is 10.3 Å². The molecule has 0 spiro atoms. The van der Waals surface area contributed by atoms with Crippen LogP contribution in [0.2, 0.25) is 5.02 Å². The maximum Gasteiger partial charge on any atom is 0.271 e. The van der Waals surface area contributed by atoms with Crippen molar-refractivity contribution in [3.05, 3.63) is 22.8 Å². The van der Waals surface area contributed by atoms with Crippen LogP contribution in [0.5, 0.6) is 0 Å². The third kappa shape index (κ3) is 4.74. The summed E-state index contributed by atoms with van der Waals surface area (Å²) < 4.78 is 0. The Bertz CT molecular complexity index is 401. The van der Waals surface area contributed by atoms with E-state index in [1.165, 1.54) is 0 Å². The number of carbonyl (C=O) groups is 1. The predicted molar refractivity (Wildman–Crippen MR) is 78.7 cm³/mol. The summed E-state index contributed by atoms with van der Waals surface area (Å²) in [6.07, 6.45) is 2.99. The molecule has 0 aliphatic carbocycles. The van der Waals surface area contributed by atoms with Gasteiger partial charge in [-0.15, -0.1) is 0 Å². The summed E-state index contributed by atoms with van der Waals surface area (Å²) in [7, 11) is 0. The molecule has 0 saturated heterocycles. The minimum absolute atomic E-state index is 0.228. The van der Waals surface area contributed by atoms with E-state index in [0.717, 1.165) is 18.7 Å².